The smallest absolute Gasteiger partial charge is 0.411 e. The molecule has 0 saturated heterocycles. The molecule has 5 nitrogen and oxygen atoms in total. The van der Waals surface area contributed by atoms with Gasteiger partial charge in [0.05, 0.1) is 6.54 Å². The van der Waals surface area contributed by atoms with Crippen LogP contribution >= 0.6 is 0 Å². The van der Waals surface area contributed by atoms with Crippen LogP contribution in [0.1, 0.15) is 45.3 Å². The van der Waals surface area contributed by atoms with E-state index in [0.717, 1.165) is 43.8 Å². The highest BCUT2D eigenvalue weighted by atomic mass is 16.6. The quantitative estimate of drug-likeness (QED) is 0.492. The van der Waals surface area contributed by atoms with Gasteiger partial charge in [0.2, 0.25) is 0 Å². The van der Waals surface area contributed by atoms with Gasteiger partial charge in [-0.25, -0.2) is 9.59 Å². The number of ether oxygens (including phenoxy) is 1. The van der Waals surface area contributed by atoms with E-state index in [0.29, 0.717) is 5.56 Å². The Balaban J connectivity index is 1.63. The maximum Gasteiger partial charge on any atom is 0.411 e. The number of hydrogen-bond acceptors (Lipinski definition) is 3. The molecular formula is C29H27NO4. The Morgan fingerprint density at radius 3 is 2.03 bits per heavy atom. The molecule has 0 bridgehead atoms. The number of amides is 1. The van der Waals surface area contributed by atoms with Crippen molar-refractivity contribution in [1.29, 1.82) is 0 Å². The number of aryl methyl sites for hydroxylation is 3. The van der Waals surface area contributed by atoms with E-state index in [2.05, 4.69) is 18.1 Å². The van der Waals surface area contributed by atoms with Crippen LogP contribution in [-0.2, 0) is 9.53 Å². The minimum absolute atomic E-state index is 0.0894. The molecule has 0 heterocycles. The average Bonchev–Trinajstić information content (AvgIpc) is 3.12. The molecule has 1 aliphatic rings. The Bertz CT molecular complexity index is 1230. The molecule has 1 amide bonds. The molecule has 0 saturated carbocycles. The molecule has 0 aromatic heterocycles. The number of fused-ring (bicyclic) bond motifs is 3. The van der Waals surface area contributed by atoms with Crippen molar-refractivity contribution in [3.05, 3.63) is 94.0 Å². The zero-order valence-electron chi connectivity index (χ0n) is 19.5. The molecule has 1 N–H and O–H groups in total. The molecule has 5 heteroatoms. The fourth-order valence-corrected chi connectivity index (χ4v) is 5.07. The van der Waals surface area contributed by atoms with Crippen molar-refractivity contribution in [3.63, 3.8) is 0 Å². The lowest BCUT2D eigenvalue weighted by Gasteiger charge is -2.29. The molecule has 0 radical (unpaired) electrons. The van der Waals surface area contributed by atoms with Crippen molar-refractivity contribution in [2.24, 2.45) is 0 Å². The second-order valence-electron chi connectivity index (χ2n) is 8.69. The normalized spacial score (nSPS) is 12.9. The second-order valence-corrected chi connectivity index (χ2v) is 8.69. The summed E-state index contributed by atoms with van der Waals surface area (Å²) in [6, 6.07) is 18.7. The first-order chi connectivity index (χ1) is 16.3. The summed E-state index contributed by atoms with van der Waals surface area (Å²) in [4.78, 5) is 26.8. The molecule has 3 aromatic carbocycles. The summed E-state index contributed by atoms with van der Waals surface area (Å²) in [5.74, 6) is 1.14. The molecule has 4 rings (SSSR count). The number of rotatable bonds is 6. The van der Waals surface area contributed by atoms with E-state index in [1.165, 1.54) is 0 Å². The summed E-state index contributed by atoms with van der Waals surface area (Å²) >= 11 is 0. The van der Waals surface area contributed by atoms with Gasteiger partial charge in [-0.15, -0.1) is 6.42 Å². The van der Waals surface area contributed by atoms with Crippen LogP contribution in [0, 0.1) is 33.1 Å². The SMILES string of the molecule is C#CCN(C(=O)OCC1c2ccccc2-c2ccccc21)C(C(=O)O)c1c(C)cc(C)cc1C. The van der Waals surface area contributed by atoms with E-state index in [9.17, 15) is 14.7 Å². The lowest BCUT2D eigenvalue weighted by molar-refractivity contribution is -0.142. The first-order valence-electron chi connectivity index (χ1n) is 11.2. The fraction of sp³-hybridized carbons (Fsp3) is 0.241. The monoisotopic (exact) mass is 453 g/mol. The summed E-state index contributed by atoms with van der Waals surface area (Å²) in [6.07, 6.45) is 4.79. The van der Waals surface area contributed by atoms with Crippen molar-refractivity contribution in [3.8, 4) is 23.5 Å². The number of nitrogens with zero attached hydrogens (tertiary/aromatic N) is 1. The molecule has 34 heavy (non-hydrogen) atoms. The first-order valence-corrected chi connectivity index (χ1v) is 11.2. The third-order valence-corrected chi connectivity index (χ3v) is 6.39. The largest absolute Gasteiger partial charge is 0.479 e. The minimum Gasteiger partial charge on any atom is -0.479 e. The Kier molecular flexibility index (Phi) is 6.43. The van der Waals surface area contributed by atoms with Crippen LogP contribution in [0.2, 0.25) is 0 Å². The van der Waals surface area contributed by atoms with Crippen molar-refractivity contribution < 1.29 is 19.4 Å². The van der Waals surface area contributed by atoms with Crippen molar-refractivity contribution in [2.75, 3.05) is 13.2 Å². The van der Waals surface area contributed by atoms with Gasteiger partial charge in [0.25, 0.3) is 0 Å². The van der Waals surface area contributed by atoms with Gasteiger partial charge in [-0.05, 0) is 59.7 Å². The number of terminal acetylenes is 1. The number of benzene rings is 3. The number of carbonyl (C=O) groups excluding carboxylic acids is 1. The van der Waals surface area contributed by atoms with Gasteiger partial charge in [0.15, 0.2) is 6.04 Å². The van der Waals surface area contributed by atoms with Gasteiger partial charge < -0.3 is 9.84 Å². The van der Waals surface area contributed by atoms with Gasteiger partial charge >= 0.3 is 12.1 Å². The molecule has 1 unspecified atom stereocenters. The summed E-state index contributed by atoms with van der Waals surface area (Å²) in [7, 11) is 0. The molecular weight excluding hydrogens is 426 g/mol. The average molecular weight is 454 g/mol. The van der Waals surface area contributed by atoms with Crippen LogP contribution in [0.15, 0.2) is 60.7 Å². The van der Waals surface area contributed by atoms with Crippen molar-refractivity contribution >= 4 is 12.1 Å². The van der Waals surface area contributed by atoms with Crippen molar-refractivity contribution in [1.82, 2.24) is 4.90 Å². The summed E-state index contributed by atoms with van der Waals surface area (Å²) in [6.45, 7) is 5.55. The zero-order chi connectivity index (χ0) is 24.4. The fourth-order valence-electron chi connectivity index (χ4n) is 5.07. The standard InChI is InChI=1S/C29H27NO4/c1-5-14-30(27(28(31)32)26-19(3)15-18(2)16-20(26)4)29(33)34-17-25-23-12-8-6-10-21(23)22-11-7-9-13-24(22)25/h1,6-13,15-16,25,27H,14,17H2,2-4H3,(H,31,32). The van der Waals surface area contributed by atoms with Gasteiger partial charge in [0.1, 0.15) is 6.61 Å². The molecule has 0 aliphatic heterocycles. The Labute approximate surface area is 200 Å². The maximum atomic E-state index is 13.3. The van der Waals surface area contributed by atoms with Crippen LogP contribution in [0.25, 0.3) is 11.1 Å². The third-order valence-electron chi connectivity index (χ3n) is 6.39. The lowest BCUT2D eigenvalue weighted by atomic mass is 9.93. The lowest BCUT2D eigenvalue weighted by Crippen LogP contribution is -2.40. The minimum atomic E-state index is -1.24. The molecule has 1 aliphatic carbocycles. The van der Waals surface area contributed by atoms with Gasteiger partial charge in [0, 0.05) is 5.92 Å². The van der Waals surface area contributed by atoms with E-state index in [1.807, 2.05) is 69.3 Å². The topological polar surface area (TPSA) is 66.8 Å². The molecule has 3 aromatic rings. The summed E-state index contributed by atoms with van der Waals surface area (Å²) in [5, 5.41) is 10.1. The highest BCUT2D eigenvalue weighted by Crippen LogP contribution is 2.44. The maximum absolute atomic E-state index is 13.3. The van der Waals surface area contributed by atoms with Gasteiger partial charge in [-0.1, -0.05) is 72.1 Å². The van der Waals surface area contributed by atoms with Gasteiger partial charge in [-0.3, -0.25) is 4.90 Å². The number of carboxylic acid groups (broad SMARTS) is 1. The second kappa shape index (κ2) is 9.44. The molecule has 0 spiro atoms. The summed E-state index contributed by atoms with van der Waals surface area (Å²) in [5.41, 5.74) is 7.56. The van der Waals surface area contributed by atoms with E-state index >= 15 is 0 Å². The third kappa shape index (κ3) is 4.15. The van der Waals surface area contributed by atoms with Crippen LogP contribution in [0.3, 0.4) is 0 Å². The van der Waals surface area contributed by atoms with Crippen LogP contribution < -0.4 is 0 Å². The number of hydrogen-bond donors (Lipinski definition) is 1. The predicted molar refractivity (Wildman–Crippen MR) is 132 cm³/mol. The van der Waals surface area contributed by atoms with Crippen LogP contribution in [0.5, 0.6) is 0 Å². The van der Waals surface area contributed by atoms with Gasteiger partial charge in [-0.2, -0.15) is 0 Å². The van der Waals surface area contributed by atoms with E-state index in [4.69, 9.17) is 11.2 Å². The Morgan fingerprint density at radius 1 is 1.00 bits per heavy atom. The molecule has 172 valence electrons. The van der Waals surface area contributed by atoms with Crippen LogP contribution in [-0.4, -0.2) is 35.2 Å². The highest BCUT2D eigenvalue weighted by molar-refractivity contribution is 5.83. The Morgan fingerprint density at radius 2 is 1.53 bits per heavy atom. The summed E-state index contributed by atoms with van der Waals surface area (Å²) < 4.78 is 5.74. The zero-order valence-corrected chi connectivity index (χ0v) is 19.5. The predicted octanol–water partition coefficient (Wildman–Crippen LogP) is 5.62. The number of aliphatic carboxylic acids is 1. The highest BCUT2D eigenvalue weighted by Gasteiger charge is 2.35. The van der Waals surface area contributed by atoms with Crippen molar-refractivity contribution in [2.45, 2.75) is 32.7 Å². The van der Waals surface area contributed by atoms with E-state index < -0.39 is 18.1 Å². The van der Waals surface area contributed by atoms with E-state index in [1.54, 1.807) is 0 Å². The van der Waals surface area contributed by atoms with E-state index in [-0.39, 0.29) is 19.1 Å². The number of carbonyl (C=O) groups is 2. The first kappa shape index (κ1) is 23.1. The Hall–Kier alpha value is -4.04. The molecule has 0 fully saturated rings. The number of carboxylic acids is 1. The van der Waals surface area contributed by atoms with Crippen LogP contribution in [0.4, 0.5) is 4.79 Å². The molecule has 1 atom stereocenters.